The van der Waals surface area contributed by atoms with E-state index in [9.17, 15) is 0 Å². The van der Waals surface area contributed by atoms with Gasteiger partial charge in [-0.3, -0.25) is 4.98 Å². The second-order valence-electron chi connectivity index (χ2n) is 6.04. The zero-order chi connectivity index (χ0) is 15.1. The Kier molecular flexibility index (Phi) is 3.48. The summed E-state index contributed by atoms with van der Waals surface area (Å²) < 4.78 is 11.5. The Morgan fingerprint density at radius 1 is 1.09 bits per heavy atom. The molecule has 116 valence electrons. The molecule has 2 saturated heterocycles. The fourth-order valence-electron chi connectivity index (χ4n) is 3.20. The van der Waals surface area contributed by atoms with E-state index in [-0.39, 0.29) is 12.6 Å². The van der Waals surface area contributed by atoms with Crippen molar-refractivity contribution < 1.29 is 9.47 Å². The molecule has 0 spiro atoms. The quantitative estimate of drug-likeness (QED) is 0.851. The fraction of sp³-hybridized carbons (Fsp3) is 0.471. The van der Waals surface area contributed by atoms with E-state index in [2.05, 4.69) is 40.0 Å². The summed E-state index contributed by atoms with van der Waals surface area (Å²) in [4.78, 5) is 9.38. The molecule has 5 heteroatoms. The van der Waals surface area contributed by atoms with Gasteiger partial charge < -0.3 is 19.3 Å². The molecule has 5 nitrogen and oxygen atoms in total. The minimum Gasteiger partial charge on any atom is -0.368 e. The zero-order valence-electron chi connectivity index (χ0n) is 13.0. The van der Waals surface area contributed by atoms with Gasteiger partial charge in [-0.25, -0.2) is 0 Å². The number of fused-ring (bicyclic) bond motifs is 1. The number of benzene rings is 1. The van der Waals surface area contributed by atoms with Gasteiger partial charge in [0.25, 0.3) is 0 Å². The standard InChI is InChI=1S/C17H21N3O2/c1-12-21-17(22-12)14-11-18-15-6-4-3-5-13(15)16(14)20-9-7-19(2)8-10-20/h3-6,11-12,17H,7-10H2,1-2H3. The highest BCUT2D eigenvalue weighted by atomic mass is 16.9. The van der Waals surface area contributed by atoms with Crippen molar-refractivity contribution in [3.63, 3.8) is 0 Å². The van der Waals surface area contributed by atoms with Crippen LogP contribution in [0.2, 0.25) is 0 Å². The number of ether oxygens (including phenoxy) is 2. The van der Waals surface area contributed by atoms with Crippen LogP contribution in [0.3, 0.4) is 0 Å². The normalized spacial score (nSPS) is 26.2. The monoisotopic (exact) mass is 299 g/mol. The van der Waals surface area contributed by atoms with Crippen LogP contribution >= 0.6 is 0 Å². The van der Waals surface area contributed by atoms with Gasteiger partial charge in [-0.1, -0.05) is 18.2 Å². The molecule has 0 bridgehead atoms. The Hall–Kier alpha value is -1.69. The van der Waals surface area contributed by atoms with E-state index in [1.54, 1.807) is 0 Å². The first kappa shape index (κ1) is 13.9. The van der Waals surface area contributed by atoms with Gasteiger partial charge in [0.1, 0.15) is 0 Å². The average molecular weight is 299 g/mol. The lowest BCUT2D eigenvalue weighted by molar-refractivity contribution is -0.382. The van der Waals surface area contributed by atoms with Crippen LogP contribution in [0.15, 0.2) is 30.5 Å². The van der Waals surface area contributed by atoms with E-state index >= 15 is 0 Å². The van der Waals surface area contributed by atoms with Crippen LogP contribution in [-0.2, 0) is 9.47 Å². The predicted octanol–water partition coefficient (Wildman–Crippen LogP) is 2.38. The number of anilines is 1. The second kappa shape index (κ2) is 5.50. The lowest BCUT2D eigenvalue weighted by Gasteiger charge is -2.39. The molecule has 1 aromatic heterocycles. The molecule has 4 rings (SSSR count). The van der Waals surface area contributed by atoms with Crippen molar-refractivity contribution in [2.75, 3.05) is 38.1 Å². The Labute approximate surface area is 130 Å². The molecule has 0 radical (unpaired) electrons. The van der Waals surface area contributed by atoms with E-state index in [1.807, 2.05) is 19.2 Å². The van der Waals surface area contributed by atoms with E-state index in [4.69, 9.17) is 9.47 Å². The summed E-state index contributed by atoms with van der Waals surface area (Å²) in [7, 11) is 2.17. The van der Waals surface area contributed by atoms with Gasteiger partial charge in [-0.2, -0.15) is 0 Å². The Morgan fingerprint density at radius 3 is 2.55 bits per heavy atom. The Bertz CT molecular complexity index is 677. The number of piperazine rings is 1. The number of hydrogen-bond acceptors (Lipinski definition) is 5. The highest BCUT2D eigenvalue weighted by Gasteiger charge is 2.33. The summed E-state index contributed by atoms with van der Waals surface area (Å²) in [5, 5.41) is 1.18. The van der Waals surface area contributed by atoms with E-state index in [1.165, 1.54) is 11.1 Å². The fourth-order valence-corrected chi connectivity index (χ4v) is 3.20. The van der Waals surface area contributed by atoms with E-state index < -0.39 is 0 Å². The zero-order valence-corrected chi connectivity index (χ0v) is 13.0. The molecule has 22 heavy (non-hydrogen) atoms. The lowest BCUT2D eigenvalue weighted by Crippen LogP contribution is -2.45. The van der Waals surface area contributed by atoms with Gasteiger partial charge in [-0.15, -0.1) is 0 Å². The molecule has 2 aromatic rings. The number of rotatable bonds is 2. The number of likely N-dealkylation sites (N-methyl/N-ethyl adjacent to an activating group) is 1. The van der Waals surface area contributed by atoms with Crippen molar-refractivity contribution in [3.05, 3.63) is 36.0 Å². The molecule has 1 aromatic carbocycles. The molecule has 2 aliphatic rings. The smallest absolute Gasteiger partial charge is 0.193 e. The predicted molar refractivity (Wildman–Crippen MR) is 85.8 cm³/mol. The van der Waals surface area contributed by atoms with Crippen molar-refractivity contribution in [2.24, 2.45) is 0 Å². The Balaban J connectivity index is 1.79. The molecular weight excluding hydrogens is 278 g/mol. The number of hydrogen-bond donors (Lipinski definition) is 0. The van der Waals surface area contributed by atoms with Crippen molar-refractivity contribution in [1.82, 2.24) is 9.88 Å². The van der Waals surface area contributed by atoms with Crippen LogP contribution in [0.1, 0.15) is 18.8 Å². The van der Waals surface area contributed by atoms with Gasteiger partial charge in [0, 0.05) is 37.8 Å². The third-order valence-electron chi connectivity index (χ3n) is 4.48. The molecule has 0 amide bonds. The largest absolute Gasteiger partial charge is 0.368 e. The lowest BCUT2D eigenvalue weighted by atomic mass is 10.1. The van der Waals surface area contributed by atoms with Crippen LogP contribution in [0.5, 0.6) is 0 Å². The van der Waals surface area contributed by atoms with Crippen LogP contribution < -0.4 is 4.90 Å². The summed E-state index contributed by atoms with van der Waals surface area (Å²) in [5.41, 5.74) is 3.28. The maximum absolute atomic E-state index is 5.73. The van der Waals surface area contributed by atoms with Crippen LogP contribution in [-0.4, -0.2) is 49.4 Å². The maximum atomic E-state index is 5.73. The number of para-hydroxylation sites is 1. The highest BCUT2D eigenvalue weighted by molar-refractivity contribution is 5.93. The SMILES string of the molecule is CC1OC(c2cnc3ccccc3c2N2CCN(C)CC2)O1. The van der Waals surface area contributed by atoms with E-state index in [0.29, 0.717) is 0 Å². The van der Waals surface area contributed by atoms with Crippen molar-refractivity contribution >= 4 is 16.6 Å². The topological polar surface area (TPSA) is 37.8 Å². The Morgan fingerprint density at radius 2 is 1.82 bits per heavy atom. The molecular formula is C17H21N3O2. The first-order valence-electron chi connectivity index (χ1n) is 7.84. The summed E-state index contributed by atoms with van der Waals surface area (Å²) in [5.74, 6) is 0. The van der Waals surface area contributed by atoms with Crippen molar-refractivity contribution in [1.29, 1.82) is 0 Å². The third kappa shape index (κ3) is 2.35. The van der Waals surface area contributed by atoms with Gasteiger partial charge in [0.2, 0.25) is 0 Å². The molecule has 0 unspecified atom stereocenters. The molecule has 0 aliphatic carbocycles. The number of nitrogens with zero attached hydrogens (tertiary/aromatic N) is 3. The number of aromatic nitrogens is 1. The second-order valence-corrected chi connectivity index (χ2v) is 6.04. The minimum absolute atomic E-state index is 0.128. The molecule has 0 saturated carbocycles. The first-order chi connectivity index (χ1) is 10.7. The van der Waals surface area contributed by atoms with Gasteiger partial charge in [0.15, 0.2) is 12.6 Å². The third-order valence-corrected chi connectivity index (χ3v) is 4.48. The first-order valence-corrected chi connectivity index (χ1v) is 7.84. The van der Waals surface area contributed by atoms with Gasteiger partial charge in [-0.05, 0) is 20.0 Å². The number of pyridine rings is 1. The summed E-state index contributed by atoms with van der Waals surface area (Å²) in [6, 6.07) is 8.30. The van der Waals surface area contributed by atoms with Crippen LogP contribution in [0, 0.1) is 0 Å². The maximum Gasteiger partial charge on any atom is 0.193 e. The van der Waals surface area contributed by atoms with Crippen molar-refractivity contribution in [3.8, 4) is 0 Å². The summed E-state index contributed by atoms with van der Waals surface area (Å²) in [6.45, 7) is 6.08. The molecule has 3 heterocycles. The van der Waals surface area contributed by atoms with Gasteiger partial charge >= 0.3 is 0 Å². The van der Waals surface area contributed by atoms with Crippen LogP contribution in [0.4, 0.5) is 5.69 Å². The van der Waals surface area contributed by atoms with Gasteiger partial charge in [0.05, 0.1) is 16.8 Å². The minimum atomic E-state index is -0.290. The summed E-state index contributed by atoms with van der Waals surface area (Å²) in [6.07, 6.45) is 1.49. The average Bonchev–Trinajstić information content (AvgIpc) is 2.52. The molecule has 2 fully saturated rings. The van der Waals surface area contributed by atoms with Crippen LogP contribution in [0.25, 0.3) is 10.9 Å². The van der Waals surface area contributed by atoms with E-state index in [0.717, 1.165) is 37.3 Å². The molecule has 0 atom stereocenters. The molecule has 0 N–H and O–H groups in total. The molecule has 2 aliphatic heterocycles. The highest BCUT2D eigenvalue weighted by Crippen LogP contribution is 2.40. The summed E-state index contributed by atoms with van der Waals surface area (Å²) >= 11 is 0. The van der Waals surface area contributed by atoms with Crippen molar-refractivity contribution in [2.45, 2.75) is 19.5 Å².